The number of ether oxygens (including phenoxy) is 1. The fraction of sp³-hybridized carbons (Fsp3) is 1.00. The summed E-state index contributed by atoms with van der Waals surface area (Å²) in [7, 11) is 0. The van der Waals surface area contributed by atoms with Crippen LogP contribution in [0, 0.1) is 11.3 Å². The molecule has 3 nitrogen and oxygen atoms in total. The van der Waals surface area contributed by atoms with Gasteiger partial charge in [0.2, 0.25) is 0 Å². The van der Waals surface area contributed by atoms with Gasteiger partial charge in [-0.3, -0.25) is 0 Å². The van der Waals surface area contributed by atoms with Crippen LogP contribution >= 0.6 is 0 Å². The normalized spacial score (nSPS) is 25.9. The van der Waals surface area contributed by atoms with Crippen LogP contribution in [0.2, 0.25) is 0 Å². The molecule has 2 rings (SSSR count). The van der Waals surface area contributed by atoms with Crippen LogP contribution in [0.4, 0.5) is 0 Å². The van der Waals surface area contributed by atoms with E-state index in [2.05, 4.69) is 19.2 Å². The highest BCUT2D eigenvalue weighted by Crippen LogP contribution is 2.42. The summed E-state index contributed by atoms with van der Waals surface area (Å²) in [4.78, 5) is 0. The van der Waals surface area contributed by atoms with Crippen molar-refractivity contribution in [2.75, 3.05) is 26.3 Å². The third-order valence-electron chi connectivity index (χ3n) is 4.97. The monoisotopic (exact) mass is 268 g/mol. The molecule has 3 N–H and O–H groups in total. The first-order valence-electron chi connectivity index (χ1n) is 8.11. The van der Waals surface area contributed by atoms with Gasteiger partial charge in [0, 0.05) is 31.8 Å². The van der Waals surface area contributed by atoms with Crippen molar-refractivity contribution >= 4 is 0 Å². The van der Waals surface area contributed by atoms with Crippen molar-refractivity contribution in [1.29, 1.82) is 0 Å². The van der Waals surface area contributed by atoms with Crippen LogP contribution in [0.3, 0.4) is 0 Å². The average molecular weight is 268 g/mol. The topological polar surface area (TPSA) is 47.3 Å². The van der Waals surface area contributed by atoms with Crippen molar-refractivity contribution in [3.63, 3.8) is 0 Å². The summed E-state index contributed by atoms with van der Waals surface area (Å²) in [5.74, 6) is 0.801. The Morgan fingerprint density at radius 1 is 1.05 bits per heavy atom. The molecule has 0 bridgehead atoms. The summed E-state index contributed by atoms with van der Waals surface area (Å²) >= 11 is 0. The summed E-state index contributed by atoms with van der Waals surface area (Å²) < 4.78 is 5.41. The maximum Gasteiger partial charge on any atom is 0.0484 e. The smallest absolute Gasteiger partial charge is 0.0484 e. The lowest BCUT2D eigenvalue weighted by Crippen LogP contribution is -2.53. The Bertz CT molecular complexity index is 266. The minimum Gasteiger partial charge on any atom is -0.381 e. The van der Waals surface area contributed by atoms with Crippen LogP contribution in [-0.2, 0) is 4.74 Å². The molecule has 1 aliphatic heterocycles. The largest absolute Gasteiger partial charge is 0.381 e. The van der Waals surface area contributed by atoms with Gasteiger partial charge in [-0.05, 0) is 43.4 Å². The zero-order valence-electron chi connectivity index (χ0n) is 12.8. The van der Waals surface area contributed by atoms with E-state index in [1.54, 1.807) is 0 Å². The van der Waals surface area contributed by atoms with Gasteiger partial charge in [-0.25, -0.2) is 0 Å². The molecule has 1 heterocycles. The van der Waals surface area contributed by atoms with Gasteiger partial charge in [-0.1, -0.05) is 26.7 Å². The molecular formula is C16H32N2O. The van der Waals surface area contributed by atoms with E-state index >= 15 is 0 Å². The standard InChI is InChI=1S/C16H32N2O/c1-14(2)11-15(5-3-4-6-15)12-18-13-16(17)7-9-19-10-8-16/h14,18H,3-13,17H2,1-2H3. The Balaban J connectivity index is 1.79. The molecule has 0 atom stereocenters. The molecule has 1 saturated heterocycles. The predicted octanol–water partition coefficient (Wildman–Crippen LogP) is 2.69. The average Bonchev–Trinajstić information content (AvgIpc) is 2.77. The number of nitrogens with one attached hydrogen (secondary N) is 1. The van der Waals surface area contributed by atoms with E-state index in [1.807, 2.05) is 0 Å². The fourth-order valence-electron chi connectivity index (χ4n) is 3.98. The van der Waals surface area contributed by atoms with E-state index in [9.17, 15) is 0 Å². The van der Waals surface area contributed by atoms with Gasteiger partial charge in [0.1, 0.15) is 0 Å². The Labute approximate surface area is 118 Å². The highest BCUT2D eigenvalue weighted by molar-refractivity contribution is 4.92. The first kappa shape index (κ1) is 15.3. The quantitative estimate of drug-likeness (QED) is 0.778. The van der Waals surface area contributed by atoms with Crippen LogP contribution < -0.4 is 11.1 Å². The molecule has 0 spiro atoms. The summed E-state index contributed by atoms with van der Waals surface area (Å²) in [5, 5.41) is 3.70. The van der Waals surface area contributed by atoms with E-state index in [-0.39, 0.29) is 5.54 Å². The Hall–Kier alpha value is -0.120. The minimum atomic E-state index is -0.0319. The van der Waals surface area contributed by atoms with Gasteiger partial charge in [-0.2, -0.15) is 0 Å². The van der Waals surface area contributed by atoms with Crippen molar-refractivity contribution in [3.8, 4) is 0 Å². The second kappa shape index (κ2) is 6.55. The molecule has 0 amide bonds. The molecule has 0 aromatic heterocycles. The van der Waals surface area contributed by atoms with E-state index in [0.29, 0.717) is 5.41 Å². The molecule has 0 radical (unpaired) electrons. The van der Waals surface area contributed by atoms with Gasteiger partial charge in [0.15, 0.2) is 0 Å². The van der Waals surface area contributed by atoms with Crippen LogP contribution in [0.15, 0.2) is 0 Å². The predicted molar refractivity (Wildman–Crippen MR) is 80.2 cm³/mol. The minimum absolute atomic E-state index is 0.0319. The van der Waals surface area contributed by atoms with Crippen molar-refractivity contribution in [3.05, 3.63) is 0 Å². The second-order valence-corrected chi connectivity index (χ2v) is 7.38. The Kier molecular flexibility index (Phi) is 5.27. The molecule has 0 unspecified atom stereocenters. The van der Waals surface area contributed by atoms with Gasteiger partial charge in [0.05, 0.1) is 0 Å². The van der Waals surface area contributed by atoms with Gasteiger partial charge in [-0.15, -0.1) is 0 Å². The zero-order chi connectivity index (χ0) is 13.8. The van der Waals surface area contributed by atoms with Crippen LogP contribution in [0.25, 0.3) is 0 Å². The Morgan fingerprint density at radius 3 is 2.26 bits per heavy atom. The lowest BCUT2D eigenvalue weighted by molar-refractivity contribution is 0.0517. The van der Waals surface area contributed by atoms with E-state index in [4.69, 9.17) is 10.5 Å². The lowest BCUT2D eigenvalue weighted by atomic mass is 9.78. The number of rotatable bonds is 6. The van der Waals surface area contributed by atoms with Gasteiger partial charge in [0.25, 0.3) is 0 Å². The molecule has 3 heteroatoms. The van der Waals surface area contributed by atoms with Crippen molar-refractivity contribution in [1.82, 2.24) is 5.32 Å². The molecule has 1 aliphatic carbocycles. The summed E-state index contributed by atoms with van der Waals surface area (Å²) in [5.41, 5.74) is 6.97. The molecule has 112 valence electrons. The van der Waals surface area contributed by atoms with Crippen LogP contribution in [0.1, 0.15) is 58.8 Å². The lowest BCUT2D eigenvalue weighted by Gasteiger charge is -2.36. The first-order chi connectivity index (χ1) is 9.04. The number of hydrogen-bond acceptors (Lipinski definition) is 3. The van der Waals surface area contributed by atoms with E-state index < -0.39 is 0 Å². The molecule has 2 aliphatic rings. The van der Waals surface area contributed by atoms with Crippen molar-refractivity contribution < 1.29 is 4.74 Å². The summed E-state index contributed by atoms with van der Waals surface area (Å²) in [6, 6.07) is 0. The molecule has 19 heavy (non-hydrogen) atoms. The summed E-state index contributed by atoms with van der Waals surface area (Å²) in [6.07, 6.45) is 8.98. The third-order valence-corrected chi connectivity index (χ3v) is 4.97. The van der Waals surface area contributed by atoms with Crippen molar-refractivity contribution in [2.24, 2.45) is 17.1 Å². The first-order valence-corrected chi connectivity index (χ1v) is 8.11. The highest BCUT2D eigenvalue weighted by Gasteiger charge is 2.35. The zero-order valence-corrected chi connectivity index (χ0v) is 12.8. The van der Waals surface area contributed by atoms with E-state index in [1.165, 1.54) is 32.1 Å². The van der Waals surface area contributed by atoms with Crippen molar-refractivity contribution in [2.45, 2.75) is 64.3 Å². The van der Waals surface area contributed by atoms with Gasteiger partial charge < -0.3 is 15.8 Å². The Morgan fingerprint density at radius 2 is 1.68 bits per heavy atom. The number of nitrogens with two attached hydrogens (primary N) is 1. The molecule has 2 fully saturated rings. The van der Waals surface area contributed by atoms with Gasteiger partial charge >= 0.3 is 0 Å². The molecule has 1 saturated carbocycles. The van der Waals surface area contributed by atoms with Crippen LogP contribution in [0.5, 0.6) is 0 Å². The SMILES string of the molecule is CC(C)CC1(CNCC2(N)CCOCC2)CCCC1. The highest BCUT2D eigenvalue weighted by atomic mass is 16.5. The maximum atomic E-state index is 6.45. The molecule has 0 aromatic rings. The second-order valence-electron chi connectivity index (χ2n) is 7.38. The van der Waals surface area contributed by atoms with Crippen LogP contribution in [-0.4, -0.2) is 31.8 Å². The van der Waals surface area contributed by atoms with E-state index in [0.717, 1.165) is 45.1 Å². The molecule has 0 aromatic carbocycles. The third kappa shape index (κ3) is 4.44. The maximum absolute atomic E-state index is 6.45. The summed E-state index contributed by atoms with van der Waals surface area (Å²) in [6.45, 7) is 8.47. The fourth-order valence-corrected chi connectivity index (χ4v) is 3.98. The number of hydrogen-bond donors (Lipinski definition) is 2. The molecular weight excluding hydrogens is 236 g/mol.